The molecule has 6 nitrogen and oxygen atoms in total. The highest BCUT2D eigenvalue weighted by Crippen LogP contribution is 2.32. The second kappa shape index (κ2) is 7.71. The molecular formula is C21H20F3N3O3. The molecule has 1 aromatic carbocycles. The van der Waals surface area contributed by atoms with Gasteiger partial charge in [0.2, 0.25) is 5.91 Å². The number of carbonyl (C=O) groups excluding carboxylic acids is 2. The summed E-state index contributed by atoms with van der Waals surface area (Å²) in [5.41, 5.74) is 0.699. The van der Waals surface area contributed by atoms with Gasteiger partial charge in [0.1, 0.15) is 5.69 Å². The Bertz CT molecular complexity index is 937. The van der Waals surface area contributed by atoms with Gasteiger partial charge >= 0.3 is 6.18 Å². The van der Waals surface area contributed by atoms with Crippen molar-refractivity contribution >= 4 is 11.8 Å². The molecule has 1 aromatic heterocycles. The summed E-state index contributed by atoms with van der Waals surface area (Å²) >= 11 is 0. The average Bonchev–Trinajstić information content (AvgIpc) is 3.49. The maximum Gasteiger partial charge on any atom is 0.433 e. The van der Waals surface area contributed by atoms with Crippen LogP contribution in [0, 0.1) is 5.92 Å². The van der Waals surface area contributed by atoms with Crippen molar-refractivity contribution in [2.75, 3.05) is 26.2 Å². The quantitative estimate of drug-likeness (QED) is 0.830. The Morgan fingerprint density at radius 2 is 1.50 bits per heavy atom. The van der Waals surface area contributed by atoms with E-state index in [2.05, 4.69) is 4.98 Å². The number of aliphatic hydroxyl groups excluding tert-OH is 1. The number of carbonyl (C=O) groups is 2. The normalized spacial score (nSPS) is 21.5. The van der Waals surface area contributed by atoms with E-state index in [1.54, 1.807) is 34.1 Å². The first-order valence-corrected chi connectivity index (χ1v) is 9.64. The number of halogens is 3. The number of hydrogen-bond acceptors (Lipinski definition) is 4. The Balaban J connectivity index is 1.37. The fraction of sp³-hybridized carbons (Fsp3) is 0.381. The van der Waals surface area contributed by atoms with Crippen LogP contribution in [0.5, 0.6) is 0 Å². The van der Waals surface area contributed by atoms with E-state index in [0.29, 0.717) is 49.3 Å². The van der Waals surface area contributed by atoms with Crippen LogP contribution in [0.2, 0.25) is 0 Å². The number of piperazine rings is 1. The van der Waals surface area contributed by atoms with Gasteiger partial charge in [-0.05, 0) is 30.2 Å². The fourth-order valence-electron chi connectivity index (χ4n) is 3.53. The Morgan fingerprint density at radius 1 is 0.933 bits per heavy atom. The number of benzene rings is 1. The van der Waals surface area contributed by atoms with E-state index in [4.69, 9.17) is 0 Å². The lowest BCUT2D eigenvalue weighted by molar-refractivity contribution is -0.141. The minimum atomic E-state index is -4.48. The van der Waals surface area contributed by atoms with E-state index in [0.717, 1.165) is 12.3 Å². The van der Waals surface area contributed by atoms with Gasteiger partial charge in [-0.1, -0.05) is 18.2 Å². The second-order valence-corrected chi connectivity index (χ2v) is 7.53. The van der Waals surface area contributed by atoms with Crippen LogP contribution >= 0.6 is 0 Å². The van der Waals surface area contributed by atoms with Crippen molar-refractivity contribution < 1.29 is 27.9 Å². The maximum atomic E-state index is 12.7. The minimum absolute atomic E-state index is 0.0518. The molecule has 2 fully saturated rings. The van der Waals surface area contributed by atoms with Crippen LogP contribution < -0.4 is 0 Å². The van der Waals surface area contributed by atoms with Crippen molar-refractivity contribution in [3.05, 3.63) is 53.9 Å². The Hall–Kier alpha value is -2.94. The molecule has 2 heterocycles. The molecule has 1 saturated heterocycles. The van der Waals surface area contributed by atoms with E-state index in [1.165, 1.54) is 6.07 Å². The number of aromatic nitrogens is 1. The summed E-state index contributed by atoms with van der Waals surface area (Å²) in [7, 11) is 0. The number of pyridine rings is 1. The van der Waals surface area contributed by atoms with Gasteiger partial charge in [0.05, 0.1) is 12.0 Å². The van der Waals surface area contributed by atoms with Gasteiger partial charge in [-0.15, -0.1) is 0 Å². The van der Waals surface area contributed by atoms with E-state index in [9.17, 15) is 27.9 Å². The Morgan fingerprint density at radius 3 is 2.00 bits per heavy atom. The summed E-state index contributed by atoms with van der Waals surface area (Å²) in [5, 5.41) is 9.40. The zero-order valence-electron chi connectivity index (χ0n) is 16.0. The molecule has 2 unspecified atom stereocenters. The number of alkyl halides is 3. The molecular weight excluding hydrogens is 399 g/mol. The Labute approximate surface area is 170 Å². The van der Waals surface area contributed by atoms with Gasteiger partial charge in [-0.2, -0.15) is 13.2 Å². The number of amides is 2. The molecule has 2 aliphatic rings. The molecule has 158 valence electrons. The van der Waals surface area contributed by atoms with Crippen LogP contribution in [0.25, 0.3) is 11.1 Å². The lowest BCUT2D eigenvalue weighted by Gasteiger charge is -2.35. The monoisotopic (exact) mass is 419 g/mol. The maximum absolute atomic E-state index is 12.7. The minimum Gasteiger partial charge on any atom is -0.392 e. The summed E-state index contributed by atoms with van der Waals surface area (Å²) in [6.45, 7) is 1.70. The van der Waals surface area contributed by atoms with Gasteiger partial charge in [0, 0.05) is 43.5 Å². The first kappa shape index (κ1) is 20.3. The smallest absolute Gasteiger partial charge is 0.392 e. The Kier molecular flexibility index (Phi) is 5.23. The van der Waals surface area contributed by atoms with E-state index >= 15 is 0 Å². The third-order valence-electron chi connectivity index (χ3n) is 5.47. The molecule has 9 heteroatoms. The van der Waals surface area contributed by atoms with Crippen LogP contribution in [0.1, 0.15) is 22.5 Å². The first-order chi connectivity index (χ1) is 14.2. The highest BCUT2D eigenvalue weighted by molar-refractivity contribution is 5.95. The molecule has 2 atom stereocenters. The van der Waals surface area contributed by atoms with Crippen LogP contribution in [-0.2, 0) is 11.0 Å². The van der Waals surface area contributed by atoms with Crippen LogP contribution in [0.4, 0.5) is 13.2 Å². The van der Waals surface area contributed by atoms with Crippen molar-refractivity contribution in [1.29, 1.82) is 0 Å². The van der Waals surface area contributed by atoms with E-state index < -0.39 is 18.0 Å². The number of aliphatic hydroxyl groups is 1. The van der Waals surface area contributed by atoms with Crippen molar-refractivity contribution in [3.8, 4) is 11.1 Å². The lowest BCUT2D eigenvalue weighted by atomic mass is 10.0. The van der Waals surface area contributed by atoms with Crippen molar-refractivity contribution in [1.82, 2.24) is 14.8 Å². The number of nitrogens with zero attached hydrogens (tertiary/aromatic N) is 3. The molecule has 2 aromatic rings. The zero-order valence-corrected chi connectivity index (χ0v) is 16.0. The fourth-order valence-corrected chi connectivity index (χ4v) is 3.53. The number of hydrogen-bond donors (Lipinski definition) is 1. The SMILES string of the molecule is O=C(c1ccc(-c2ccc(C(F)(F)F)nc2)cc1)N1CCN(C(=O)C2CC2O)CC1. The van der Waals surface area contributed by atoms with Gasteiger partial charge in [-0.3, -0.25) is 14.6 Å². The van der Waals surface area contributed by atoms with Crippen molar-refractivity contribution in [2.24, 2.45) is 5.92 Å². The van der Waals surface area contributed by atoms with Crippen LogP contribution in [0.3, 0.4) is 0 Å². The highest BCUT2D eigenvalue weighted by Gasteiger charge is 2.44. The predicted octanol–water partition coefficient (Wildman–Crippen LogP) is 2.43. The average molecular weight is 419 g/mol. The molecule has 4 rings (SSSR count). The summed E-state index contributed by atoms with van der Waals surface area (Å²) in [6.07, 6.45) is -3.34. The van der Waals surface area contributed by atoms with Gasteiger partial charge in [0.25, 0.3) is 5.91 Å². The molecule has 2 amide bonds. The molecule has 30 heavy (non-hydrogen) atoms. The summed E-state index contributed by atoms with van der Waals surface area (Å²) in [4.78, 5) is 31.7. The summed E-state index contributed by atoms with van der Waals surface area (Å²) in [5.74, 6) is -0.505. The van der Waals surface area contributed by atoms with E-state index in [1.807, 2.05) is 0 Å². The molecule has 0 spiro atoms. The van der Waals surface area contributed by atoms with Gasteiger partial charge in [0.15, 0.2) is 0 Å². The number of rotatable bonds is 3. The first-order valence-electron chi connectivity index (χ1n) is 9.64. The van der Waals surface area contributed by atoms with Crippen molar-refractivity contribution in [3.63, 3.8) is 0 Å². The molecule has 1 saturated carbocycles. The highest BCUT2D eigenvalue weighted by atomic mass is 19.4. The second-order valence-electron chi connectivity index (χ2n) is 7.53. The zero-order chi connectivity index (χ0) is 21.5. The molecule has 1 aliphatic carbocycles. The topological polar surface area (TPSA) is 73.7 Å². The van der Waals surface area contributed by atoms with Gasteiger partial charge < -0.3 is 14.9 Å². The third kappa shape index (κ3) is 4.16. The standard InChI is InChI=1S/C21H20F3N3O3/c22-21(23,24)18-6-5-15(12-25-18)13-1-3-14(4-2-13)19(29)26-7-9-27(10-8-26)20(30)16-11-17(16)28/h1-6,12,16-17,28H,7-11H2. The molecule has 0 radical (unpaired) electrons. The van der Waals surface area contributed by atoms with Gasteiger partial charge in [-0.25, -0.2) is 0 Å². The van der Waals surface area contributed by atoms with Crippen LogP contribution in [0.15, 0.2) is 42.6 Å². The predicted molar refractivity (Wildman–Crippen MR) is 101 cm³/mol. The molecule has 0 bridgehead atoms. The molecule has 1 N–H and O–H groups in total. The van der Waals surface area contributed by atoms with Crippen LogP contribution in [-0.4, -0.2) is 64.0 Å². The third-order valence-corrected chi connectivity index (χ3v) is 5.47. The largest absolute Gasteiger partial charge is 0.433 e. The summed E-state index contributed by atoms with van der Waals surface area (Å²) in [6, 6.07) is 8.88. The lowest BCUT2D eigenvalue weighted by Crippen LogP contribution is -2.51. The van der Waals surface area contributed by atoms with E-state index in [-0.39, 0.29) is 17.7 Å². The van der Waals surface area contributed by atoms with Crippen molar-refractivity contribution in [2.45, 2.75) is 18.7 Å². The molecule has 1 aliphatic heterocycles. The summed E-state index contributed by atoms with van der Waals surface area (Å²) < 4.78 is 37.9.